The summed E-state index contributed by atoms with van der Waals surface area (Å²) in [6.45, 7) is 4.05. The van der Waals surface area contributed by atoms with Crippen LogP contribution in [0.2, 0.25) is 0 Å². The molecule has 2 rings (SSSR count). The molecule has 0 aliphatic carbocycles. The van der Waals surface area contributed by atoms with E-state index in [1.807, 2.05) is 23.9 Å². The van der Waals surface area contributed by atoms with Crippen LogP contribution in [0.5, 0.6) is 0 Å². The molecule has 0 saturated heterocycles. The van der Waals surface area contributed by atoms with Crippen LogP contribution in [0, 0.1) is 0 Å². The third-order valence-corrected chi connectivity index (χ3v) is 2.98. The predicted octanol–water partition coefficient (Wildman–Crippen LogP) is 1.79. The zero-order chi connectivity index (χ0) is 15.1. The van der Waals surface area contributed by atoms with Crippen molar-refractivity contribution in [1.82, 2.24) is 19.7 Å². The van der Waals surface area contributed by atoms with E-state index in [-0.39, 0.29) is 0 Å². The Balaban J connectivity index is 2.09. The Labute approximate surface area is 124 Å². The molecular formula is C14H22N6O. The predicted molar refractivity (Wildman–Crippen MR) is 82.1 cm³/mol. The van der Waals surface area contributed by atoms with Gasteiger partial charge in [0.2, 0.25) is 0 Å². The van der Waals surface area contributed by atoms with Crippen LogP contribution in [0.1, 0.15) is 24.9 Å². The smallest absolute Gasteiger partial charge is 0.158 e. The van der Waals surface area contributed by atoms with Crippen molar-refractivity contribution in [3.8, 4) is 0 Å². The zero-order valence-corrected chi connectivity index (χ0v) is 12.8. The minimum absolute atomic E-state index is 0.391. The maximum Gasteiger partial charge on any atom is 0.158 e. The fourth-order valence-electron chi connectivity index (χ4n) is 1.88. The molecule has 0 bridgehead atoms. The molecule has 0 spiro atoms. The molecule has 114 valence electrons. The number of rotatable bonds is 8. The van der Waals surface area contributed by atoms with E-state index < -0.39 is 0 Å². The topological polar surface area (TPSA) is 76.9 Å². The Morgan fingerprint density at radius 1 is 1.24 bits per heavy atom. The van der Waals surface area contributed by atoms with Crippen molar-refractivity contribution >= 4 is 11.6 Å². The van der Waals surface area contributed by atoms with Crippen molar-refractivity contribution < 1.29 is 4.74 Å². The molecule has 2 heterocycles. The van der Waals surface area contributed by atoms with Crippen LogP contribution in [-0.4, -0.2) is 33.4 Å². The first kappa shape index (κ1) is 15.2. The molecule has 0 saturated carbocycles. The highest BCUT2D eigenvalue weighted by Crippen LogP contribution is 2.13. The number of methoxy groups -OCH3 is 1. The lowest BCUT2D eigenvalue weighted by Crippen LogP contribution is -2.10. The molecule has 2 aromatic heterocycles. The maximum absolute atomic E-state index is 5.12. The normalized spacial score (nSPS) is 10.6. The summed E-state index contributed by atoms with van der Waals surface area (Å²) in [4.78, 5) is 8.86. The highest BCUT2D eigenvalue weighted by atomic mass is 16.5. The number of nitrogens with zero attached hydrogens (tertiary/aromatic N) is 4. The molecule has 0 aliphatic heterocycles. The summed E-state index contributed by atoms with van der Waals surface area (Å²) >= 11 is 0. The van der Waals surface area contributed by atoms with Gasteiger partial charge in [-0.15, -0.1) is 0 Å². The summed E-state index contributed by atoms with van der Waals surface area (Å²) in [5.41, 5.74) is 1.09. The van der Waals surface area contributed by atoms with E-state index in [9.17, 15) is 0 Å². The van der Waals surface area contributed by atoms with Crippen LogP contribution in [0.25, 0.3) is 0 Å². The first-order valence-electron chi connectivity index (χ1n) is 7.04. The van der Waals surface area contributed by atoms with Crippen LogP contribution in [-0.2, 0) is 24.9 Å². The van der Waals surface area contributed by atoms with Crippen LogP contribution >= 0.6 is 0 Å². The molecule has 0 atom stereocenters. The molecule has 2 aromatic rings. The number of aromatic nitrogens is 4. The van der Waals surface area contributed by atoms with Crippen LogP contribution in [0.3, 0.4) is 0 Å². The van der Waals surface area contributed by atoms with Crippen LogP contribution in [0.15, 0.2) is 18.3 Å². The summed E-state index contributed by atoms with van der Waals surface area (Å²) in [6, 6.07) is 3.88. The second-order valence-electron chi connectivity index (χ2n) is 4.71. The van der Waals surface area contributed by atoms with Crippen molar-refractivity contribution in [2.75, 3.05) is 24.3 Å². The molecule has 0 aliphatic rings. The summed E-state index contributed by atoms with van der Waals surface area (Å²) in [5, 5.41) is 10.7. The van der Waals surface area contributed by atoms with Crippen LogP contribution in [0.4, 0.5) is 11.6 Å². The Bertz CT molecular complexity index is 568. The van der Waals surface area contributed by atoms with Gasteiger partial charge in [0.1, 0.15) is 18.2 Å². The van der Waals surface area contributed by atoms with Crippen molar-refractivity contribution in [2.24, 2.45) is 7.05 Å². The van der Waals surface area contributed by atoms with Gasteiger partial charge < -0.3 is 15.4 Å². The van der Waals surface area contributed by atoms with Gasteiger partial charge in [-0.3, -0.25) is 4.68 Å². The molecular weight excluding hydrogens is 268 g/mol. The third kappa shape index (κ3) is 4.42. The van der Waals surface area contributed by atoms with Crippen LogP contribution < -0.4 is 10.6 Å². The van der Waals surface area contributed by atoms with Crippen molar-refractivity contribution in [2.45, 2.75) is 26.5 Å². The van der Waals surface area contributed by atoms with Gasteiger partial charge in [-0.2, -0.15) is 5.10 Å². The summed E-state index contributed by atoms with van der Waals surface area (Å²) in [7, 11) is 3.56. The Hall–Kier alpha value is -2.15. The third-order valence-electron chi connectivity index (χ3n) is 2.98. The fraction of sp³-hybridized carbons (Fsp3) is 0.500. The first-order valence-corrected chi connectivity index (χ1v) is 7.04. The van der Waals surface area contributed by atoms with Gasteiger partial charge in [-0.05, 0) is 12.5 Å². The van der Waals surface area contributed by atoms with E-state index in [4.69, 9.17) is 4.74 Å². The minimum atomic E-state index is 0.391. The second kappa shape index (κ2) is 7.58. The minimum Gasteiger partial charge on any atom is -0.377 e. The van der Waals surface area contributed by atoms with E-state index in [2.05, 4.69) is 32.6 Å². The number of hydrogen-bond acceptors (Lipinski definition) is 6. The molecule has 7 nitrogen and oxygen atoms in total. The van der Waals surface area contributed by atoms with Crippen molar-refractivity contribution in [3.63, 3.8) is 0 Å². The molecule has 0 unspecified atom stereocenters. The van der Waals surface area contributed by atoms with Gasteiger partial charge in [0, 0.05) is 33.0 Å². The van der Waals surface area contributed by atoms with Gasteiger partial charge in [0.25, 0.3) is 0 Å². The van der Waals surface area contributed by atoms with E-state index in [1.165, 1.54) is 0 Å². The molecule has 21 heavy (non-hydrogen) atoms. The SMILES string of the molecule is CCCNc1cc(NCc2ccnn2C)nc(COC)n1. The quantitative estimate of drug-likeness (QED) is 0.772. The van der Waals surface area contributed by atoms with E-state index in [0.717, 1.165) is 30.3 Å². The molecule has 7 heteroatoms. The molecule has 0 amide bonds. The Morgan fingerprint density at radius 2 is 2.00 bits per heavy atom. The highest BCUT2D eigenvalue weighted by molar-refractivity contribution is 5.47. The second-order valence-corrected chi connectivity index (χ2v) is 4.71. The maximum atomic E-state index is 5.12. The van der Waals surface area contributed by atoms with E-state index >= 15 is 0 Å². The van der Waals surface area contributed by atoms with Gasteiger partial charge in [-0.25, -0.2) is 9.97 Å². The van der Waals surface area contributed by atoms with Crippen molar-refractivity contribution in [3.05, 3.63) is 29.8 Å². The largest absolute Gasteiger partial charge is 0.377 e. The Kier molecular flexibility index (Phi) is 5.51. The zero-order valence-electron chi connectivity index (χ0n) is 12.8. The summed E-state index contributed by atoms with van der Waals surface area (Å²) in [6.07, 6.45) is 2.82. The molecule has 0 radical (unpaired) electrons. The first-order chi connectivity index (χ1) is 10.2. The fourth-order valence-corrected chi connectivity index (χ4v) is 1.88. The lowest BCUT2D eigenvalue weighted by Gasteiger charge is -2.11. The van der Waals surface area contributed by atoms with Gasteiger partial charge in [-0.1, -0.05) is 6.92 Å². The average Bonchev–Trinajstić information content (AvgIpc) is 2.88. The Morgan fingerprint density at radius 3 is 2.62 bits per heavy atom. The number of anilines is 2. The van der Waals surface area contributed by atoms with Gasteiger partial charge >= 0.3 is 0 Å². The molecule has 0 aromatic carbocycles. The molecule has 0 fully saturated rings. The summed E-state index contributed by atoms with van der Waals surface area (Å²) < 4.78 is 6.95. The number of hydrogen-bond donors (Lipinski definition) is 2. The van der Waals surface area contributed by atoms with Crippen molar-refractivity contribution in [1.29, 1.82) is 0 Å². The standard InChI is InChI=1S/C14H22N6O/c1-4-6-15-12-8-13(19-14(18-12)10-21-3)16-9-11-5-7-17-20(11)2/h5,7-8H,4,6,9-10H2,1-3H3,(H2,15,16,18,19). The van der Waals surface area contributed by atoms with Gasteiger partial charge in [0.05, 0.1) is 12.2 Å². The monoisotopic (exact) mass is 290 g/mol. The lowest BCUT2D eigenvalue weighted by molar-refractivity contribution is 0.178. The lowest BCUT2D eigenvalue weighted by atomic mass is 10.4. The van der Waals surface area contributed by atoms with E-state index in [1.54, 1.807) is 13.3 Å². The number of nitrogens with one attached hydrogen (secondary N) is 2. The highest BCUT2D eigenvalue weighted by Gasteiger charge is 2.05. The molecule has 2 N–H and O–H groups in total. The van der Waals surface area contributed by atoms with E-state index in [0.29, 0.717) is 19.0 Å². The number of aryl methyl sites for hydroxylation is 1. The number of ether oxygens (including phenoxy) is 1. The summed E-state index contributed by atoms with van der Waals surface area (Å²) in [5.74, 6) is 2.24. The van der Waals surface area contributed by atoms with Gasteiger partial charge in [0.15, 0.2) is 5.82 Å². The average molecular weight is 290 g/mol.